The number of aliphatic hydroxyl groups is 1. The summed E-state index contributed by atoms with van der Waals surface area (Å²) in [4.78, 5) is 16.5. The van der Waals surface area contributed by atoms with Gasteiger partial charge in [0, 0.05) is 31.4 Å². The zero-order chi connectivity index (χ0) is 15.2. The van der Waals surface area contributed by atoms with E-state index in [0.717, 1.165) is 16.7 Å². The van der Waals surface area contributed by atoms with Crippen LogP contribution in [-0.4, -0.2) is 47.3 Å². The van der Waals surface area contributed by atoms with E-state index in [-0.39, 0.29) is 32.1 Å². The lowest BCUT2D eigenvalue weighted by Crippen LogP contribution is -2.42. The molecule has 0 saturated heterocycles. The van der Waals surface area contributed by atoms with E-state index in [9.17, 15) is 18.0 Å². The second kappa shape index (κ2) is 7.44. The van der Waals surface area contributed by atoms with Crippen molar-refractivity contribution in [2.45, 2.75) is 19.5 Å². The Labute approximate surface area is 118 Å². The SMILES string of the molecule is CCN(CCO)C(=O)NCCc1nc(C(F)(F)F)cs1. The zero-order valence-corrected chi connectivity index (χ0v) is 11.7. The molecule has 9 heteroatoms. The van der Waals surface area contributed by atoms with Crippen LogP contribution in [0.2, 0.25) is 0 Å². The number of hydrogen-bond donors (Lipinski definition) is 2. The van der Waals surface area contributed by atoms with Gasteiger partial charge in [-0.15, -0.1) is 11.3 Å². The average Bonchev–Trinajstić information content (AvgIpc) is 2.84. The van der Waals surface area contributed by atoms with Crippen LogP contribution in [-0.2, 0) is 12.6 Å². The van der Waals surface area contributed by atoms with Crippen LogP contribution in [0.25, 0.3) is 0 Å². The van der Waals surface area contributed by atoms with Crippen LogP contribution in [0.5, 0.6) is 0 Å². The molecular formula is C11H16F3N3O2S. The van der Waals surface area contributed by atoms with Crippen molar-refractivity contribution in [3.63, 3.8) is 0 Å². The van der Waals surface area contributed by atoms with Crippen molar-refractivity contribution < 1.29 is 23.1 Å². The molecule has 0 aliphatic heterocycles. The van der Waals surface area contributed by atoms with Crippen LogP contribution < -0.4 is 5.32 Å². The molecule has 0 fully saturated rings. The molecule has 114 valence electrons. The Morgan fingerprint density at radius 3 is 2.75 bits per heavy atom. The monoisotopic (exact) mass is 311 g/mol. The quantitative estimate of drug-likeness (QED) is 0.841. The summed E-state index contributed by atoms with van der Waals surface area (Å²) < 4.78 is 37.0. The highest BCUT2D eigenvalue weighted by molar-refractivity contribution is 7.09. The summed E-state index contributed by atoms with van der Waals surface area (Å²) in [6.45, 7) is 2.50. The van der Waals surface area contributed by atoms with Crippen molar-refractivity contribution in [1.29, 1.82) is 0 Å². The number of thiazole rings is 1. The summed E-state index contributed by atoms with van der Waals surface area (Å²) in [6.07, 6.45) is -4.19. The normalized spacial score (nSPS) is 11.4. The van der Waals surface area contributed by atoms with Crippen LogP contribution in [0.4, 0.5) is 18.0 Å². The first-order valence-corrected chi connectivity index (χ1v) is 6.91. The second-order valence-corrected chi connectivity index (χ2v) is 4.85. The van der Waals surface area contributed by atoms with Gasteiger partial charge in [0.15, 0.2) is 5.69 Å². The molecule has 0 spiro atoms. The number of amides is 2. The lowest BCUT2D eigenvalue weighted by molar-refractivity contribution is -0.140. The van der Waals surface area contributed by atoms with Crippen LogP contribution >= 0.6 is 11.3 Å². The summed E-state index contributed by atoms with van der Waals surface area (Å²) in [5, 5.41) is 12.6. The number of hydrogen-bond acceptors (Lipinski definition) is 4. The standard InChI is InChI=1S/C11H16F3N3O2S/c1-2-17(5-6-18)10(19)15-4-3-9-16-8(7-20-9)11(12,13)14/h7,18H,2-6H2,1H3,(H,15,19). The number of nitrogens with one attached hydrogen (secondary N) is 1. The highest BCUT2D eigenvalue weighted by Gasteiger charge is 2.33. The van der Waals surface area contributed by atoms with Gasteiger partial charge in [-0.05, 0) is 6.92 Å². The van der Waals surface area contributed by atoms with E-state index in [4.69, 9.17) is 5.11 Å². The highest BCUT2D eigenvalue weighted by Crippen LogP contribution is 2.29. The number of aliphatic hydroxyl groups excluding tert-OH is 1. The molecule has 0 saturated carbocycles. The molecule has 0 atom stereocenters. The molecule has 20 heavy (non-hydrogen) atoms. The van der Waals surface area contributed by atoms with Gasteiger partial charge in [0.25, 0.3) is 0 Å². The van der Waals surface area contributed by atoms with Gasteiger partial charge in [-0.3, -0.25) is 0 Å². The minimum absolute atomic E-state index is 0.136. The predicted octanol–water partition coefficient (Wildman–Crippen LogP) is 1.73. The van der Waals surface area contributed by atoms with Crippen molar-refractivity contribution in [2.75, 3.05) is 26.2 Å². The highest BCUT2D eigenvalue weighted by atomic mass is 32.1. The molecule has 0 aliphatic carbocycles. The molecule has 1 heterocycles. The van der Waals surface area contributed by atoms with E-state index in [1.165, 1.54) is 4.90 Å². The van der Waals surface area contributed by atoms with E-state index in [2.05, 4.69) is 10.3 Å². The number of carbonyl (C=O) groups is 1. The van der Waals surface area contributed by atoms with Crippen molar-refractivity contribution >= 4 is 17.4 Å². The fourth-order valence-electron chi connectivity index (χ4n) is 1.47. The van der Waals surface area contributed by atoms with E-state index >= 15 is 0 Å². The van der Waals surface area contributed by atoms with Crippen LogP contribution in [0.15, 0.2) is 5.38 Å². The Kier molecular flexibility index (Phi) is 6.21. The smallest absolute Gasteiger partial charge is 0.395 e. The maximum absolute atomic E-state index is 12.3. The molecule has 5 nitrogen and oxygen atoms in total. The fourth-order valence-corrected chi connectivity index (χ4v) is 2.27. The van der Waals surface area contributed by atoms with Gasteiger partial charge < -0.3 is 15.3 Å². The predicted molar refractivity (Wildman–Crippen MR) is 68.6 cm³/mol. The van der Waals surface area contributed by atoms with Gasteiger partial charge in [0.2, 0.25) is 0 Å². The van der Waals surface area contributed by atoms with Crippen LogP contribution in [0.3, 0.4) is 0 Å². The summed E-state index contributed by atoms with van der Waals surface area (Å²) in [5.41, 5.74) is -0.903. The topological polar surface area (TPSA) is 65.5 Å². The maximum Gasteiger partial charge on any atom is 0.434 e. The first-order valence-electron chi connectivity index (χ1n) is 6.03. The van der Waals surface area contributed by atoms with Gasteiger partial charge in [-0.25, -0.2) is 9.78 Å². The average molecular weight is 311 g/mol. The van der Waals surface area contributed by atoms with E-state index in [0.29, 0.717) is 11.6 Å². The third-order valence-corrected chi connectivity index (χ3v) is 3.40. The van der Waals surface area contributed by atoms with Gasteiger partial charge in [-0.1, -0.05) is 0 Å². The molecule has 2 N–H and O–H groups in total. The van der Waals surface area contributed by atoms with Crippen molar-refractivity contribution in [3.05, 3.63) is 16.1 Å². The third kappa shape index (κ3) is 4.97. The van der Waals surface area contributed by atoms with Gasteiger partial charge >= 0.3 is 12.2 Å². The van der Waals surface area contributed by atoms with Crippen LogP contribution in [0.1, 0.15) is 17.6 Å². The number of halogens is 3. The minimum Gasteiger partial charge on any atom is -0.395 e. The van der Waals surface area contributed by atoms with Crippen molar-refractivity contribution in [1.82, 2.24) is 15.2 Å². The van der Waals surface area contributed by atoms with Gasteiger partial charge in [-0.2, -0.15) is 13.2 Å². The molecule has 2 amide bonds. The molecule has 0 aliphatic rings. The largest absolute Gasteiger partial charge is 0.434 e. The fraction of sp³-hybridized carbons (Fsp3) is 0.636. The van der Waals surface area contributed by atoms with E-state index in [1.54, 1.807) is 6.92 Å². The summed E-state index contributed by atoms with van der Waals surface area (Å²) in [5.74, 6) is 0. The maximum atomic E-state index is 12.3. The molecule has 0 unspecified atom stereocenters. The van der Waals surface area contributed by atoms with Gasteiger partial charge in [0.1, 0.15) is 0 Å². The lowest BCUT2D eigenvalue weighted by atomic mass is 10.4. The van der Waals surface area contributed by atoms with Crippen molar-refractivity contribution in [3.8, 4) is 0 Å². The Balaban J connectivity index is 2.41. The molecule has 1 aromatic heterocycles. The number of alkyl halides is 3. The molecule has 0 radical (unpaired) electrons. The molecule has 0 bridgehead atoms. The number of carbonyl (C=O) groups excluding carboxylic acids is 1. The number of urea groups is 1. The Morgan fingerprint density at radius 2 is 2.25 bits per heavy atom. The molecular weight excluding hydrogens is 295 g/mol. The minimum atomic E-state index is -4.43. The number of likely N-dealkylation sites (N-methyl/N-ethyl adjacent to an activating group) is 1. The summed E-state index contributed by atoms with van der Waals surface area (Å²) in [7, 11) is 0. The second-order valence-electron chi connectivity index (χ2n) is 3.91. The first-order chi connectivity index (χ1) is 9.38. The first kappa shape index (κ1) is 16.7. The molecule has 0 aromatic carbocycles. The molecule has 1 aromatic rings. The van der Waals surface area contributed by atoms with Crippen molar-refractivity contribution in [2.24, 2.45) is 0 Å². The van der Waals surface area contributed by atoms with Crippen LogP contribution in [0, 0.1) is 0 Å². The van der Waals surface area contributed by atoms with Gasteiger partial charge in [0.05, 0.1) is 11.6 Å². The summed E-state index contributed by atoms with van der Waals surface area (Å²) >= 11 is 0.916. The third-order valence-electron chi connectivity index (χ3n) is 2.50. The Morgan fingerprint density at radius 1 is 1.55 bits per heavy atom. The molecule has 1 rings (SSSR count). The van der Waals surface area contributed by atoms with E-state index in [1.807, 2.05) is 0 Å². The lowest BCUT2D eigenvalue weighted by Gasteiger charge is -2.19. The summed E-state index contributed by atoms with van der Waals surface area (Å²) in [6, 6.07) is -0.353. The number of rotatable bonds is 6. The Hall–Kier alpha value is -1.35. The number of nitrogens with zero attached hydrogens (tertiary/aromatic N) is 2. The zero-order valence-electron chi connectivity index (χ0n) is 10.9. The number of aromatic nitrogens is 1. The van der Waals surface area contributed by atoms with E-state index < -0.39 is 11.9 Å². The Bertz CT molecular complexity index is 437.